The van der Waals surface area contributed by atoms with Crippen LogP contribution < -0.4 is 10.2 Å². The van der Waals surface area contributed by atoms with Crippen LogP contribution in [0.4, 0.5) is 16.2 Å². The maximum atomic E-state index is 12.9. The van der Waals surface area contributed by atoms with Gasteiger partial charge in [0.15, 0.2) is 0 Å². The molecule has 2 amide bonds. The number of methoxy groups -OCH3 is 1. The number of carbonyl (C=O) groups excluding carboxylic acids is 1. The number of ether oxygens (including phenoxy) is 1. The summed E-state index contributed by atoms with van der Waals surface area (Å²) in [6.07, 6.45) is 1.98. The lowest BCUT2D eigenvalue weighted by Gasteiger charge is -2.23. The van der Waals surface area contributed by atoms with Gasteiger partial charge >= 0.3 is 6.03 Å². The van der Waals surface area contributed by atoms with Crippen molar-refractivity contribution in [1.82, 2.24) is 4.57 Å². The minimum atomic E-state index is -0.128. The molecule has 0 saturated heterocycles. The minimum absolute atomic E-state index is 0.128. The summed E-state index contributed by atoms with van der Waals surface area (Å²) in [6.45, 7) is 5.95. The topological polar surface area (TPSA) is 46.5 Å². The molecular formula is C21H25N3O2. The van der Waals surface area contributed by atoms with E-state index in [1.165, 1.54) is 0 Å². The third-order valence-corrected chi connectivity index (χ3v) is 4.53. The lowest BCUT2D eigenvalue weighted by Crippen LogP contribution is -2.35. The molecule has 0 bridgehead atoms. The first-order valence-electron chi connectivity index (χ1n) is 8.86. The number of nitrogens with zero attached hydrogens (tertiary/aromatic N) is 2. The standard InChI is InChI=1S/C21H25N3O2/c1-4-24(19-11-7-5-9-16(19)2)21(25)22-18-15-23(13-14-26-3)20-12-8-6-10-17(18)20/h5-12,15H,4,13-14H2,1-3H3,(H,22,25). The fourth-order valence-electron chi connectivity index (χ4n) is 3.19. The first kappa shape index (κ1) is 18.0. The van der Waals surface area contributed by atoms with Gasteiger partial charge in [-0.25, -0.2) is 4.79 Å². The Labute approximate surface area is 154 Å². The number of aryl methyl sites for hydroxylation is 1. The van der Waals surface area contributed by atoms with E-state index in [-0.39, 0.29) is 6.03 Å². The molecule has 1 N–H and O–H groups in total. The Morgan fingerprint density at radius 1 is 1.15 bits per heavy atom. The molecule has 1 heterocycles. The Balaban J connectivity index is 1.90. The van der Waals surface area contributed by atoms with Gasteiger partial charge in [0, 0.05) is 37.5 Å². The van der Waals surface area contributed by atoms with Crippen LogP contribution in [0.15, 0.2) is 54.7 Å². The molecule has 2 aromatic carbocycles. The summed E-state index contributed by atoms with van der Waals surface area (Å²) < 4.78 is 7.30. The molecule has 3 rings (SSSR count). The highest BCUT2D eigenvalue weighted by atomic mass is 16.5. The van der Waals surface area contributed by atoms with Crippen LogP contribution in [-0.4, -0.2) is 30.9 Å². The average molecular weight is 351 g/mol. The number of urea groups is 1. The number of fused-ring (bicyclic) bond motifs is 1. The normalized spacial score (nSPS) is 10.9. The van der Waals surface area contributed by atoms with Crippen LogP contribution in [0.25, 0.3) is 10.9 Å². The fraction of sp³-hybridized carbons (Fsp3) is 0.286. The average Bonchev–Trinajstić information content (AvgIpc) is 3.00. The molecule has 0 spiro atoms. The molecule has 5 heteroatoms. The van der Waals surface area contributed by atoms with E-state index in [4.69, 9.17) is 4.74 Å². The van der Waals surface area contributed by atoms with Crippen LogP contribution in [-0.2, 0) is 11.3 Å². The van der Waals surface area contributed by atoms with Gasteiger partial charge in [-0.1, -0.05) is 36.4 Å². The number of hydrogen-bond donors (Lipinski definition) is 1. The molecule has 0 aliphatic rings. The van der Waals surface area contributed by atoms with Crippen LogP contribution in [0.1, 0.15) is 12.5 Å². The fourth-order valence-corrected chi connectivity index (χ4v) is 3.19. The highest BCUT2D eigenvalue weighted by molar-refractivity contribution is 6.07. The van der Waals surface area contributed by atoms with Crippen LogP contribution in [0.2, 0.25) is 0 Å². The Morgan fingerprint density at radius 3 is 2.62 bits per heavy atom. The second kappa shape index (κ2) is 8.06. The van der Waals surface area contributed by atoms with E-state index in [0.717, 1.165) is 34.4 Å². The highest BCUT2D eigenvalue weighted by Crippen LogP contribution is 2.27. The second-order valence-electron chi connectivity index (χ2n) is 6.21. The van der Waals surface area contributed by atoms with Crippen molar-refractivity contribution in [2.24, 2.45) is 0 Å². The highest BCUT2D eigenvalue weighted by Gasteiger charge is 2.18. The third kappa shape index (κ3) is 3.58. The van der Waals surface area contributed by atoms with Crippen molar-refractivity contribution in [2.75, 3.05) is 30.5 Å². The van der Waals surface area contributed by atoms with Crippen LogP contribution >= 0.6 is 0 Å². The molecule has 0 aliphatic carbocycles. The predicted molar refractivity (Wildman–Crippen MR) is 107 cm³/mol. The van der Waals surface area contributed by atoms with Gasteiger partial charge in [-0.05, 0) is 31.5 Å². The van der Waals surface area contributed by atoms with Crippen molar-refractivity contribution >= 4 is 28.3 Å². The summed E-state index contributed by atoms with van der Waals surface area (Å²) in [4.78, 5) is 14.7. The number of nitrogens with one attached hydrogen (secondary N) is 1. The van der Waals surface area contributed by atoms with E-state index in [0.29, 0.717) is 13.2 Å². The zero-order valence-corrected chi connectivity index (χ0v) is 15.5. The number of aromatic nitrogens is 1. The number of rotatable bonds is 6. The van der Waals surface area contributed by atoms with E-state index in [9.17, 15) is 4.79 Å². The largest absolute Gasteiger partial charge is 0.383 e. The second-order valence-corrected chi connectivity index (χ2v) is 6.21. The number of amides is 2. The summed E-state index contributed by atoms with van der Waals surface area (Å²) in [5.74, 6) is 0. The minimum Gasteiger partial charge on any atom is -0.383 e. The molecule has 0 atom stereocenters. The molecule has 1 aromatic heterocycles. The first-order chi connectivity index (χ1) is 12.7. The summed E-state index contributed by atoms with van der Waals surface area (Å²) in [5, 5.41) is 4.11. The smallest absolute Gasteiger partial charge is 0.326 e. The van der Waals surface area contributed by atoms with Gasteiger partial charge < -0.3 is 14.6 Å². The molecule has 0 unspecified atom stereocenters. The van der Waals surface area contributed by atoms with Crippen molar-refractivity contribution in [3.63, 3.8) is 0 Å². The molecule has 3 aromatic rings. The lowest BCUT2D eigenvalue weighted by molar-refractivity contribution is 0.188. The lowest BCUT2D eigenvalue weighted by atomic mass is 10.2. The van der Waals surface area contributed by atoms with Crippen LogP contribution in [0.5, 0.6) is 0 Å². The Kier molecular flexibility index (Phi) is 5.58. The van der Waals surface area contributed by atoms with Gasteiger partial charge in [-0.2, -0.15) is 0 Å². The molecule has 0 saturated carbocycles. The molecule has 0 radical (unpaired) electrons. The predicted octanol–water partition coefficient (Wildman–Crippen LogP) is 4.65. The van der Waals surface area contributed by atoms with E-state index >= 15 is 0 Å². The third-order valence-electron chi connectivity index (χ3n) is 4.53. The van der Waals surface area contributed by atoms with Crippen molar-refractivity contribution in [3.05, 3.63) is 60.3 Å². The van der Waals surface area contributed by atoms with E-state index in [2.05, 4.69) is 16.0 Å². The number of benzene rings is 2. The van der Waals surface area contributed by atoms with Crippen molar-refractivity contribution in [2.45, 2.75) is 20.4 Å². The Morgan fingerprint density at radius 2 is 1.88 bits per heavy atom. The van der Waals surface area contributed by atoms with Gasteiger partial charge in [0.1, 0.15) is 0 Å². The monoisotopic (exact) mass is 351 g/mol. The van der Waals surface area contributed by atoms with E-state index in [1.807, 2.05) is 62.5 Å². The molecule has 26 heavy (non-hydrogen) atoms. The van der Waals surface area contributed by atoms with Gasteiger partial charge in [0.05, 0.1) is 17.8 Å². The molecular weight excluding hydrogens is 326 g/mol. The number of anilines is 2. The van der Waals surface area contributed by atoms with Gasteiger partial charge in [-0.3, -0.25) is 4.90 Å². The Bertz CT molecular complexity index is 901. The summed E-state index contributed by atoms with van der Waals surface area (Å²) in [7, 11) is 1.69. The van der Waals surface area contributed by atoms with E-state index in [1.54, 1.807) is 12.0 Å². The first-order valence-corrected chi connectivity index (χ1v) is 8.86. The van der Waals surface area contributed by atoms with Gasteiger partial charge in [-0.15, -0.1) is 0 Å². The van der Waals surface area contributed by atoms with Crippen LogP contribution in [0.3, 0.4) is 0 Å². The maximum Gasteiger partial charge on any atom is 0.326 e. The Hall–Kier alpha value is -2.79. The maximum absolute atomic E-state index is 12.9. The number of carbonyl (C=O) groups is 1. The summed E-state index contributed by atoms with van der Waals surface area (Å²) >= 11 is 0. The molecule has 136 valence electrons. The zero-order chi connectivity index (χ0) is 18.5. The van der Waals surface area contributed by atoms with Crippen molar-refractivity contribution in [3.8, 4) is 0 Å². The van der Waals surface area contributed by atoms with Gasteiger partial charge in [0.25, 0.3) is 0 Å². The van der Waals surface area contributed by atoms with Crippen molar-refractivity contribution < 1.29 is 9.53 Å². The van der Waals surface area contributed by atoms with Crippen molar-refractivity contribution in [1.29, 1.82) is 0 Å². The summed E-state index contributed by atoms with van der Waals surface area (Å²) in [5.41, 5.74) is 3.90. The molecule has 0 aliphatic heterocycles. The SMILES string of the molecule is CCN(C(=O)Nc1cn(CCOC)c2ccccc12)c1ccccc1C. The van der Waals surface area contributed by atoms with E-state index < -0.39 is 0 Å². The molecule has 5 nitrogen and oxygen atoms in total. The molecule has 0 fully saturated rings. The quantitative estimate of drug-likeness (QED) is 0.702. The summed E-state index contributed by atoms with van der Waals surface area (Å²) in [6, 6.07) is 15.9. The number of para-hydroxylation sites is 2. The van der Waals surface area contributed by atoms with Crippen LogP contribution in [0, 0.1) is 6.92 Å². The number of hydrogen-bond acceptors (Lipinski definition) is 2. The van der Waals surface area contributed by atoms with Gasteiger partial charge in [0.2, 0.25) is 0 Å². The zero-order valence-electron chi connectivity index (χ0n) is 15.5.